The average molecular weight is 517 g/mol. The summed E-state index contributed by atoms with van der Waals surface area (Å²) in [6, 6.07) is 3.88. The van der Waals surface area contributed by atoms with E-state index in [1.807, 2.05) is 29.0 Å². The lowest BCUT2D eigenvalue weighted by Crippen LogP contribution is -2.17. The fourth-order valence-electron chi connectivity index (χ4n) is 4.13. The van der Waals surface area contributed by atoms with E-state index in [0.717, 1.165) is 29.1 Å². The molecule has 1 aliphatic carbocycles. The molecule has 4 rings (SSSR count). The Morgan fingerprint density at radius 3 is 2.82 bits per heavy atom. The van der Waals surface area contributed by atoms with Crippen LogP contribution in [0.5, 0.6) is 0 Å². The number of carbonyl (C=O) groups is 2. The maximum atomic E-state index is 12.8. The number of nitrogens with zero attached hydrogens (tertiary/aromatic N) is 3. The molecule has 0 atom stereocenters. The number of anilines is 1. The second-order valence-corrected chi connectivity index (χ2v) is 10.7. The average Bonchev–Trinajstić information content (AvgIpc) is 3.59. The van der Waals surface area contributed by atoms with Crippen molar-refractivity contribution in [3.05, 3.63) is 46.9 Å². The molecule has 1 fully saturated rings. The molecule has 3 heterocycles. The molecule has 1 amide bonds. The van der Waals surface area contributed by atoms with Crippen LogP contribution in [0.15, 0.2) is 40.7 Å². The van der Waals surface area contributed by atoms with E-state index in [4.69, 9.17) is 4.74 Å². The van der Waals surface area contributed by atoms with E-state index in [2.05, 4.69) is 26.7 Å². The number of hydrogen-bond donors (Lipinski definition) is 1. The predicted octanol–water partition coefficient (Wildman–Crippen LogP) is 6.21. The highest BCUT2D eigenvalue weighted by Crippen LogP contribution is 2.38. The number of nitrogens with one attached hydrogen (secondary N) is 1. The van der Waals surface area contributed by atoms with E-state index >= 15 is 0 Å². The third-order valence-electron chi connectivity index (χ3n) is 5.67. The first-order valence-corrected chi connectivity index (χ1v) is 14.2. The zero-order valence-electron chi connectivity index (χ0n) is 19.1. The number of allylic oxidation sites excluding steroid dienone is 1. The van der Waals surface area contributed by atoms with Gasteiger partial charge in [-0.2, -0.15) is 0 Å². The van der Waals surface area contributed by atoms with Gasteiger partial charge in [-0.15, -0.1) is 39.4 Å². The maximum absolute atomic E-state index is 12.8. The van der Waals surface area contributed by atoms with Crippen molar-refractivity contribution in [2.24, 2.45) is 0 Å². The van der Waals surface area contributed by atoms with E-state index < -0.39 is 5.97 Å². The number of carbonyl (C=O) groups excluding carboxylic acids is 2. The van der Waals surface area contributed by atoms with Gasteiger partial charge in [-0.05, 0) is 31.2 Å². The quantitative estimate of drug-likeness (QED) is 0.196. The molecular weight excluding hydrogens is 488 g/mol. The fourth-order valence-corrected chi connectivity index (χ4v) is 6.67. The number of thiophene rings is 2. The second kappa shape index (κ2) is 11.8. The zero-order valence-corrected chi connectivity index (χ0v) is 21.6. The van der Waals surface area contributed by atoms with Crippen LogP contribution in [0.3, 0.4) is 0 Å². The van der Waals surface area contributed by atoms with Crippen LogP contribution < -0.4 is 5.32 Å². The highest BCUT2D eigenvalue weighted by Gasteiger charge is 2.25. The minimum Gasteiger partial charge on any atom is -0.462 e. The van der Waals surface area contributed by atoms with Crippen LogP contribution in [0.25, 0.3) is 10.4 Å². The Morgan fingerprint density at radius 1 is 1.29 bits per heavy atom. The normalized spacial score (nSPS) is 14.1. The lowest BCUT2D eigenvalue weighted by Gasteiger charge is -2.21. The molecule has 1 aliphatic rings. The Kier molecular flexibility index (Phi) is 8.58. The third kappa shape index (κ3) is 5.61. The summed E-state index contributed by atoms with van der Waals surface area (Å²) < 4.78 is 7.34. The molecule has 1 N–H and O–H groups in total. The Morgan fingerprint density at radius 2 is 2.12 bits per heavy atom. The molecule has 180 valence electrons. The van der Waals surface area contributed by atoms with Gasteiger partial charge >= 0.3 is 5.97 Å². The van der Waals surface area contributed by atoms with Gasteiger partial charge in [0.25, 0.3) is 0 Å². The van der Waals surface area contributed by atoms with Gasteiger partial charge in [0.2, 0.25) is 5.91 Å². The van der Waals surface area contributed by atoms with Gasteiger partial charge in [0, 0.05) is 28.3 Å². The maximum Gasteiger partial charge on any atom is 0.341 e. The van der Waals surface area contributed by atoms with Crippen LogP contribution >= 0.6 is 34.4 Å². The molecule has 10 heteroatoms. The van der Waals surface area contributed by atoms with Gasteiger partial charge < -0.3 is 14.6 Å². The number of hydrogen-bond acceptors (Lipinski definition) is 8. The molecular formula is C24H28N4O3S3. The topological polar surface area (TPSA) is 86.1 Å². The molecule has 34 heavy (non-hydrogen) atoms. The molecule has 0 spiro atoms. The van der Waals surface area contributed by atoms with Gasteiger partial charge in [-0.3, -0.25) is 4.79 Å². The van der Waals surface area contributed by atoms with Crippen molar-refractivity contribution >= 4 is 51.3 Å². The van der Waals surface area contributed by atoms with E-state index in [1.165, 1.54) is 42.4 Å². The van der Waals surface area contributed by atoms with E-state index in [-0.39, 0.29) is 18.3 Å². The Labute approximate surface area is 211 Å². The summed E-state index contributed by atoms with van der Waals surface area (Å²) in [6.45, 7) is 6.52. The summed E-state index contributed by atoms with van der Waals surface area (Å²) in [7, 11) is 0. The van der Waals surface area contributed by atoms with Crippen LogP contribution in [0.4, 0.5) is 5.00 Å². The van der Waals surface area contributed by atoms with E-state index in [0.29, 0.717) is 28.2 Å². The molecule has 7 nitrogen and oxygen atoms in total. The van der Waals surface area contributed by atoms with Crippen molar-refractivity contribution in [2.75, 3.05) is 17.7 Å². The summed E-state index contributed by atoms with van der Waals surface area (Å²) in [5, 5.41) is 16.8. The van der Waals surface area contributed by atoms with Crippen LogP contribution in [0.2, 0.25) is 0 Å². The first-order valence-electron chi connectivity index (χ1n) is 11.4. The predicted molar refractivity (Wildman–Crippen MR) is 139 cm³/mol. The largest absolute Gasteiger partial charge is 0.462 e. The molecule has 0 saturated heterocycles. The monoisotopic (exact) mass is 516 g/mol. The van der Waals surface area contributed by atoms with E-state index in [1.54, 1.807) is 18.3 Å². The summed E-state index contributed by atoms with van der Waals surface area (Å²) >= 11 is 4.22. The molecule has 0 radical (unpaired) electrons. The number of thioether (sulfide) groups is 1. The summed E-state index contributed by atoms with van der Waals surface area (Å²) in [5.74, 6) is 0.929. The van der Waals surface area contributed by atoms with Crippen molar-refractivity contribution in [1.29, 1.82) is 0 Å². The van der Waals surface area contributed by atoms with Gasteiger partial charge in [0.05, 0.1) is 12.4 Å². The van der Waals surface area contributed by atoms with Crippen LogP contribution in [0, 0.1) is 0 Å². The SMILES string of the molecule is C=CCn1c(SCC(=O)Nc2scc(-c3cccs3)c2C(=O)OCC)nnc1C1CCCCC1. The number of aromatic nitrogens is 3. The first-order chi connectivity index (χ1) is 16.6. The molecule has 0 aliphatic heterocycles. The summed E-state index contributed by atoms with van der Waals surface area (Å²) in [6.07, 6.45) is 7.80. The highest BCUT2D eigenvalue weighted by molar-refractivity contribution is 7.99. The van der Waals surface area contributed by atoms with Crippen LogP contribution in [0.1, 0.15) is 61.1 Å². The minimum atomic E-state index is -0.432. The lowest BCUT2D eigenvalue weighted by atomic mass is 9.89. The Bertz CT molecular complexity index is 1130. The molecule has 0 aromatic carbocycles. The number of esters is 1. The summed E-state index contributed by atoms with van der Waals surface area (Å²) in [5.41, 5.74) is 1.19. The lowest BCUT2D eigenvalue weighted by molar-refractivity contribution is -0.113. The van der Waals surface area contributed by atoms with Crippen molar-refractivity contribution in [3.8, 4) is 10.4 Å². The minimum absolute atomic E-state index is 0.161. The standard InChI is InChI=1S/C24H28N4O3S3/c1-3-12-28-21(16-9-6-5-7-10-16)26-27-24(28)34-15-19(29)25-22-20(23(30)31-4-2)17(14-33-22)18-11-8-13-32-18/h3,8,11,13-14,16H,1,4-7,9-10,12,15H2,2H3,(H,25,29). The number of rotatable bonds is 10. The first kappa shape index (κ1) is 24.7. The van der Waals surface area contributed by atoms with Gasteiger partial charge in [0.15, 0.2) is 5.16 Å². The third-order valence-corrected chi connectivity index (χ3v) is 8.44. The van der Waals surface area contributed by atoms with E-state index in [9.17, 15) is 9.59 Å². The number of ether oxygens (including phenoxy) is 1. The Balaban J connectivity index is 1.47. The molecule has 3 aromatic heterocycles. The van der Waals surface area contributed by atoms with Gasteiger partial charge in [-0.1, -0.05) is 43.2 Å². The van der Waals surface area contributed by atoms with Gasteiger partial charge in [0.1, 0.15) is 16.4 Å². The van der Waals surface area contributed by atoms with Crippen LogP contribution in [-0.2, 0) is 16.1 Å². The van der Waals surface area contributed by atoms with Crippen molar-refractivity contribution in [1.82, 2.24) is 14.8 Å². The highest BCUT2D eigenvalue weighted by atomic mass is 32.2. The molecule has 1 saturated carbocycles. The Hall–Kier alpha value is -2.43. The van der Waals surface area contributed by atoms with Crippen molar-refractivity contribution in [2.45, 2.75) is 56.6 Å². The molecule has 0 bridgehead atoms. The smallest absolute Gasteiger partial charge is 0.341 e. The molecule has 3 aromatic rings. The molecule has 0 unspecified atom stereocenters. The fraction of sp³-hybridized carbons (Fsp3) is 0.417. The van der Waals surface area contributed by atoms with Crippen molar-refractivity contribution in [3.63, 3.8) is 0 Å². The van der Waals surface area contributed by atoms with Gasteiger partial charge in [-0.25, -0.2) is 4.79 Å². The summed E-state index contributed by atoms with van der Waals surface area (Å²) in [4.78, 5) is 26.5. The van der Waals surface area contributed by atoms with Crippen LogP contribution in [-0.4, -0.2) is 39.0 Å². The number of amides is 1. The zero-order chi connectivity index (χ0) is 23.9. The van der Waals surface area contributed by atoms with Crippen molar-refractivity contribution < 1.29 is 14.3 Å². The second-order valence-electron chi connectivity index (χ2n) is 7.96.